The molecule has 5 nitrogen and oxygen atoms in total. The maximum atomic E-state index is 5.55. The second kappa shape index (κ2) is 8.12. The Bertz CT molecular complexity index is 553. The summed E-state index contributed by atoms with van der Waals surface area (Å²) in [5.74, 6) is 0. The van der Waals surface area contributed by atoms with Crippen molar-refractivity contribution >= 4 is 10.9 Å². The average Bonchev–Trinajstić information content (AvgIpc) is 2.82. The summed E-state index contributed by atoms with van der Waals surface area (Å²) >= 11 is 0. The fraction of sp³-hybridized carbons (Fsp3) is 0.562. The van der Waals surface area contributed by atoms with Gasteiger partial charge in [-0.2, -0.15) is 5.10 Å². The summed E-state index contributed by atoms with van der Waals surface area (Å²) in [7, 11) is 5.67. The van der Waals surface area contributed by atoms with Crippen LogP contribution in [0.3, 0.4) is 0 Å². The molecule has 0 amide bonds. The molecule has 21 heavy (non-hydrogen) atoms. The van der Waals surface area contributed by atoms with Gasteiger partial charge in [-0.05, 0) is 19.5 Å². The zero-order chi connectivity index (χ0) is 15.1. The van der Waals surface area contributed by atoms with E-state index in [-0.39, 0.29) is 0 Å². The van der Waals surface area contributed by atoms with Crippen LogP contribution in [-0.2, 0) is 22.9 Å². The minimum atomic E-state index is 0.367. The molecule has 2 aromatic rings. The number of hydrogen-bond donors (Lipinski definition) is 1. The molecule has 1 atom stereocenters. The van der Waals surface area contributed by atoms with Crippen molar-refractivity contribution in [2.45, 2.75) is 18.9 Å². The number of para-hydroxylation sites is 1. The smallest absolute Gasteiger partial charge is 0.0718 e. The van der Waals surface area contributed by atoms with Crippen molar-refractivity contribution in [1.29, 1.82) is 0 Å². The Morgan fingerprint density at radius 1 is 1.24 bits per heavy atom. The molecule has 0 aliphatic carbocycles. The molecule has 1 N–H and O–H groups in total. The van der Waals surface area contributed by atoms with Crippen molar-refractivity contribution in [3.63, 3.8) is 0 Å². The van der Waals surface area contributed by atoms with E-state index >= 15 is 0 Å². The van der Waals surface area contributed by atoms with Crippen LogP contribution in [0.1, 0.15) is 12.1 Å². The van der Waals surface area contributed by atoms with Gasteiger partial charge in [0.1, 0.15) is 0 Å². The van der Waals surface area contributed by atoms with Gasteiger partial charge in [-0.25, -0.2) is 0 Å². The number of ether oxygens (including phenoxy) is 2. The number of hydrogen-bond acceptors (Lipinski definition) is 4. The molecular weight excluding hydrogens is 266 g/mol. The first-order valence-corrected chi connectivity index (χ1v) is 7.40. The summed E-state index contributed by atoms with van der Waals surface area (Å²) < 4.78 is 12.5. The van der Waals surface area contributed by atoms with Gasteiger partial charge in [-0.3, -0.25) is 4.68 Å². The SMILES string of the molecule is CNC(CCOCCOC)Cc1nn(C)c2ccccc12. The first-order chi connectivity index (χ1) is 10.3. The van der Waals surface area contributed by atoms with Crippen molar-refractivity contribution < 1.29 is 9.47 Å². The number of methoxy groups -OCH3 is 1. The average molecular weight is 291 g/mol. The largest absolute Gasteiger partial charge is 0.382 e. The number of aryl methyl sites for hydroxylation is 1. The van der Waals surface area contributed by atoms with E-state index in [4.69, 9.17) is 9.47 Å². The lowest BCUT2D eigenvalue weighted by Crippen LogP contribution is -2.29. The van der Waals surface area contributed by atoms with E-state index in [1.807, 2.05) is 24.8 Å². The van der Waals surface area contributed by atoms with Crippen molar-refractivity contribution in [2.24, 2.45) is 7.05 Å². The minimum absolute atomic E-state index is 0.367. The summed E-state index contributed by atoms with van der Waals surface area (Å²) in [4.78, 5) is 0. The van der Waals surface area contributed by atoms with Crippen molar-refractivity contribution in [1.82, 2.24) is 15.1 Å². The Morgan fingerprint density at radius 2 is 2.05 bits per heavy atom. The van der Waals surface area contributed by atoms with Crippen LogP contribution in [0.4, 0.5) is 0 Å². The number of aromatic nitrogens is 2. The molecule has 116 valence electrons. The Balaban J connectivity index is 1.94. The molecule has 2 rings (SSSR count). The molecule has 0 fully saturated rings. The Hall–Kier alpha value is -1.43. The minimum Gasteiger partial charge on any atom is -0.382 e. The van der Waals surface area contributed by atoms with Crippen LogP contribution in [0.2, 0.25) is 0 Å². The second-order valence-electron chi connectivity index (χ2n) is 5.17. The van der Waals surface area contributed by atoms with Gasteiger partial charge in [0.05, 0.1) is 24.4 Å². The molecule has 1 unspecified atom stereocenters. The highest BCUT2D eigenvalue weighted by atomic mass is 16.5. The summed E-state index contributed by atoms with van der Waals surface area (Å²) in [6.45, 7) is 2.04. The quantitative estimate of drug-likeness (QED) is 0.715. The highest BCUT2D eigenvalue weighted by Gasteiger charge is 2.13. The van der Waals surface area contributed by atoms with Gasteiger partial charge in [0.2, 0.25) is 0 Å². The zero-order valence-corrected chi connectivity index (χ0v) is 13.1. The van der Waals surface area contributed by atoms with Crippen LogP contribution in [0, 0.1) is 0 Å². The third-order valence-electron chi connectivity index (χ3n) is 3.72. The molecule has 1 heterocycles. The number of likely N-dealkylation sites (N-methyl/N-ethyl adjacent to an activating group) is 1. The number of nitrogens with zero attached hydrogens (tertiary/aromatic N) is 2. The van der Waals surface area contributed by atoms with E-state index in [2.05, 4.69) is 28.6 Å². The normalized spacial score (nSPS) is 12.9. The van der Waals surface area contributed by atoms with Gasteiger partial charge in [0, 0.05) is 38.6 Å². The zero-order valence-electron chi connectivity index (χ0n) is 13.1. The van der Waals surface area contributed by atoms with Crippen LogP contribution in [0.5, 0.6) is 0 Å². The summed E-state index contributed by atoms with van der Waals surface area (Å²) in [6, 6.07) is 8.72. The third kappa shape index (κ3) is 4.27. The lowest BCUT2D eigenvalue weighted by atomic mass is 10.1. The highest BCUT2D eigenvalue weighted by Crippen LogP contribution is 2.19. The van der Waals surface area contributed by atoms with Gasteiger partial charge in [0.25, 0.3) is 0 Å². The molecular formula is C16H25N3O2. The fourth-order valence-electron chi connectivity index (χ4n) is 2.49. The van der Waals surface area contributed by atoms with Crippen molar-refractivity contribution in [2.75, 3.05) is 34.0 Å². The molecule has 0 aliphatic heterocycles. The molecule has 1 aromatic carbocycles. The summed E-state index contributed by atoms with van der Waals surface area (Å²) in [5.41, 5.74) is 2.32. The highest BCUT2D eigenvalue weighted by molar-refractivity contribution is 5.81. The van der Waals surface area contributed by atoms with Crippen LogP contribution < -0.4 is 5.32 Å². The first kappa shape index (κ1) is 15.9. The van der Waals surface area contributed by atoms with Gasteiger partial charge in [0.15, 0.2) is 0 Å². The van der Waals surface area contributed by atoms with Crippen LogP contribution >= 0.6 is 0 Å². The summed E-state index contributed by atoms with van der Waals surface area (Å²) in [6.07, 6.45) is 1.87. The molecule has 5 heteroatoms. The van der Waals surface area contributed by atoms with Crippen molar-refractivity contribution in [3.8, 4) is 0 Å². The lowest BCUT2D eigenvalue weighted by Gasteiger charge is -2.15. The molecule has 0 aliphatic rings. The number of fused-ring (bicyclic) bond motifs is 1. The third-order valence-corrected chi connectivity index (χ3v) is 3.72. The standard InChI is InChI=1S/C16H25N3O2/c1-17-13(8-9-21-11-10-20-3)12-15-14-6-4-5-7-16(14)19(2)18-15/h4-7,13,17H,8-12H2,1-3H3. The van der Waals surface area contributed by atoms with E-state index in [0.717, 1.165) is 25.1 Å². The summed E-state index contributed by atoms with van der Waals surface area (Å²) in [5, 5.41) is 9.24. The molecule has 0 bridgehead atoms. The molecule has 0 saturated heterocycles. The first-order valence-electron chi connectivity index (χ1n) is 7.40. The predicted octanol–water partition coefficient (Wildman–Crippen LogP) is 1.76. The van der Waals surface area contributed by atoms with E-state index in [9.17, 15) is 0 Å². The fourth-order valence-corrected chi connectivity index (χ4v) is 2.49. The molecule has 0 saturated carbocycles. The van der Waals surface area contributed by atoms with Crippen LogP contribution in [0.25, 0.3) is 10.9 Å². The number of nitrogens with one attached hydrogen (secondary N) is 1. The van der Waals surface area contributed by atoms with Crippen LogP contribution in [-0.4, -0.2) is 49.8 Å². The lowest BCUT2D eigenvalue weighted by molar-refractivity contribution is 0.0661. The van der Waals surface area contributed by atoms with E-state index in [1.54, 1.807) is 7.11 Å². The van der Waals surface area contributed by atoms with Crippen molar-refractivity contribution in [3.05, 3.63) is 30.0 Å². The molecule has 1 aromatic heterocycles. The molecule has 0 spiro atoms. The monoisotopic (exact) mass is 291 g/mol. The maximum absolute atomic E-state index is 5.55. The molecule has 0 radical (unpaired) electrons. The Morgan fingerprint density at radius 3 is 2.81 bits per heavy atom. The number of rotatable bonds is 9. The van der Waals surface area contributed by atoms with E-state index in [0.29, 0.717) is 19.3 Å². The van der Waals surface area contributed by atoms with Gasteiger partial charge in [-0.1, -0.05) is 18.2 Å². The van der Waals surface area contributed by atoms with E-state index in [1.165, 1.54) is 10.9 Å². The van der Waals surface area contributed by atoms with Gasteiger partial charge >= 0.3 is 0 Å². The predicted molar refractivity (Wildman–Crippen MR) is 84.6 cm³/mol. The van der Waals surface area contributed by atoms with E-state index < -0.39 is 0 Å². The Kier molecular flexibility index (Phi) is 6.17. The van der Waals surface area contributed by atoms with Gasteiger partial charge in [-0.15, -0.1) is 0 Å². The number of benzene rings is 1. The topological polar surface area (TPSA) is 48.3 Å². The van der Waals surface area contributed by atoms with Gasteiger partial charge < -0.3 is 14.8 Å². The maximum Gasteiger partial charge on any atom is 0.0718 e. The Labute approximate surface area is 126 Å². The van der Waals surface area contributed by atoms with Crippen LogP contribution in [0.15, 0.2) is 24.3 Å². The second-order valence-corrected chi connectivity index (χ2v) is 5.17.